The van der Waals surface area contributed by atoms with Gasteiger partial charge in [0.25, 0.3) is 0 Å². The van der Waals surface area contributed by atoms with Crippen molar-refractivity contribution in [2.24, 2.45) is 10.1 Å². The Morgan fingerprint density at radius 2 is 2.22 bits per heavy atom. The second-order valence-corrected chi connectivity index (χ2v) is 8.23. The molecule has 1 fully saturated rings. The predicted molar refractivity (Wildman–Crippen MR) is 114 cm³/mol. The van der Waals surface area contributed by atoms with E-state index in [-0.39, 0.29) is 0 Å². The third-order valence-electron chi connectivity index (χ3n) is 5.00. The number of aryl methyl sites for hydroxylation is 1. The Morgan fingerprint density at radius 3 is 2.93 bits per heavy atom. The van der Waals surface area contributed by atoms with Crippen LogP contribution in [0.4, 0.5) is 5.69 Å². The number of ether oxygens (including phenoxy) is 1. The number of amidine groups is 1. The summed E-state index contributed by atoms with van der Waals surface area (Å²) in [5.74, 6) is 0.778. The Bertz CT molecular complexity index is 899. The maximum absolute atomic E-state index is 6.19. The normalized spacial score (nSPS) is 21.4. The van der Waals surface area contributed by atoms with E-state index >= 15 is 0 Å². The maximum atomic E-state index is 6.19. The fourth-order valence-corrected chi connectivity index (χ4v) is 4.47. The number of rotatable bonds is 4. The highest BCUT2D eigenvalue weighted by Crippen LogP contribution is 2.27. The lowest BCUT2D eigenvalue weighted by molar-refractivity contribution is 0.0962. The minimum atomic E-state index is 0.331. The zero-order valence-corrected chi connectivity index (χ0v) is 17.1. The first-order valence-electron chi connectivity index (χ1n) is 9.19. The van der Waals surface area contributed by atoms with Crippen LogP contribution >= 0.6 is 23.4 Å². The topological polar surface area (TPSA) is 50.9 Å². The smallest absolute Gasteiger partial charge is 0.182 e. The van der Waals surface area contributed by atoms with Crippen LogP contribution in [-0.2, 0) is 11.3 Å². The Morgan fingerprint density at radius 1 is 1.37 bits per heavy atom. The fraction of sp³-hybridized carbons (Fsp3) is 0.400. The van der Waals surface area contributed by atoms with E-state index in [1.54, 1.807) is 11.8 Å². The highest BCUT2D eigenvalue weighted by molar-refractivity contribution is 8.14. The third kappa shape index (κ3) is 4.08. The van der Waals surface area contributed by atoms with Crippen molar-refractivity contribution in [3.05, 3.63) is 52.3 Å². The van der Waals surface area contributed by atoms with E-state index in [1.165, 1.54) is 17.0 Å². The van der Waals surface area contributed by atoms with Gasteiger partial charge in [-0.3, -0.25) is 5.43 Å². The molecule has 0 spiro atoms. The molecule has 2 aromatic rings. The molecular formula is C20H23ClN4OS. The third-order valence-corrected chi connectivity index (χ3v) is 6.19. The second kappa shape index (κ2) is 8.09. The molecule has 142 valence electrons. The van der Waals surface area contributed by atoms with Gasteiger partial charge >= 0.3 is 0 Å². The average molecular weight is 403 g/mol. The molecule has 0 amide bonds. The maximum Gasteiger partial charge on any atom is 0.182 e. The molecule has 0 unspecified atom stereocenters. The molecule has 1 aromatic carbocycles. The molecule has 0 bridgehead atoms. The van der Waals surface area contributed by atoms with Crippen LogP contribution in [0.5, 0.6) is 0 Å². The van der Waals surface area contributed by atoms with Crippen molar-refractivity contribution in [2.45, 2.75) is 39.3 Å². The number of aromatic nitrogens is 1. The van der Waals surface area contributed by atoms with Gasteiger partial charge in [-0.05, 0) is 44.9 Å². The summed E-state index contributed by atoms with van der Waals surface area (Å²) in [7, 11) is 0. The predicted octanol–water partition coefficient (Wildman–Crippen LogP) is 4.67. The van der Waals surface area contributed by atoms with E-state index < -0.39 is 0 Å². The summed E-state index contributed by atoms with van der Waals surface area (Å²) in [6.45, 7) is 6.12. The molecule has 0 radical (unpaired) electrons. The number of hydrogen-bond donors (Lipinski definition) is 1. The number of nitrogens with one attached hydrogen (secondary N) is 1. The van der Waals surface area contributed by atoms with Gasteiger partial charge in [-0.1, -0.05) is 35.5 Å². The van der Waals surface area contributed by atoms with Gasteiger partial charge in [-0.15, -0.1) is 0 Å². The molecular weight excluding hydrogens is 380 g/mol. The summed E-state index contributed by atoms with van der Waals surface area (Å²) >= 11 is 7.83. The van der Waals surface area contributed by atoms with Crippen LogP contribution in [0.2, 0.25) is 5.02 Å². The summed E-state index contributed by atoms with van der Waals surface area (Å²) in [5, 5.41) is 5.98. The molecule has 1 N–H and O–H groups in total. The SMILES string of the molecule is Cc1cc(C2=NNC(=Nc3ccccc3Cl)SC2)c(C)n1C[C@@H]1CCCO1. The van der Waals surface area contributed by atoms with Gasteiger partial charge in [0.15, 0.2) is 5.17 Å². The van der Waals surface area contributed by atoms with E-state index in [4.69, 9.17) is 16.3 Å². The van der Waals surface area contributed by atoms with Crippen molar-refractivity contribution in [1.29, 1.82) is 0 Å². The van der Waals surface area contributed by atoms with E-state index in [1.807, 2.05) is 24.3 Å². The fourth-order valence-electron chi connectivity index (χ4n) is 3.53. The molecule has 2 aliphatic rings. The van der Waals surface area contributed by atoms with Gasteiger partial charge in [0.2, 0.25) is 0 Å². The lowest BCUT2D eigenvalue weighted by atomic mass is 10.1. The highest BCUT2D eigenvalue weighted by atomic mass is 35.5. The molecule has 4 rings (SSSR count). The summed E-state index contributed by atoms with van der Waals surface area (Å²) in [6, 6.07) is 9.79. The zero-order chi connectivity index (χ0) is 18.8. The average Bonchev–Trinajstić information content (AvgIpc) is 3.28. The first-order chi connectivity index (χ1) is 13.1. The number of thioether (sulfide) groups is 1. The van der Waals surface area contributed by atoms with Crippen LogP contribution in [0.15, 0.2) is 40.4 Å². The van der Waals surface area contributed by atoms with E-state index in [0.717, 1.165) is 48.3 Å². The number of para-hydroxylation sites is 1. The number of benzene rings is 1. The summed E-state index contributed by atoms with van der Waals surface area (Å²) < 4.78 is 8.16. The van der Waals surface area contributed by atoms with Crippen LogP contribution in [0.3, 0.4) is 0 Å². The van der Waals surface area contributed by atoms with Gasteiger partial charge in [-0.25, -0.2) is 4.99 Å². The molecule has 27 heavy (non-hydrogen) atoms. The van der Waals surface area contributed by atoms with Crippen LogP contribution in [0.25, 0.3) is 0 Å². The first-order valence-corrected chi connectivity index (χ1v) is 10.6. The Hall–Kier alpha value is -1.76. The molecule has 7 heteroatoms. The Kier molecular flexibility index (Phi) is 5.57. The number of aliphatic imine (C=N–C) groups is 1. The zero-order valence-electron chi connectivity index (χ0n) is 15.5. The minimum absolute atomic E-state index is 0.331. The molecule has 0 aliphatic carbocycles. The summed E-state index contributed by atoms with van der Waals surface area (Å²) in [5.41, 5.74) is 8.57. The molecule has 1 aromatic heterocycles. The van der Waals surface area contributed by atoms with Gasteiger partial charge in [0.05, 0.1) is 22.5 Å². The Balaban J connectivity index is 1.52. The van der Waals surface area contributed by atoms with Gasteiger partial charge in [0, 0.05) is 35.9 Å². The van der Waals surface area contributed by atoms with Crippen LogP contribution in [0.1, 0.15) is 29.8 Å². The minimum Gasteiger partial charge on any atom is -0.376 e. The van der Waals surface area contributed by atoms with E-state index in [0.29, 0.717) is 11.1 Å². The van der Waals surface area contributed by atoms with Crippen LogP contribution in [-0.4, -0.2) is 33.9 Å². The largest absolute Gasteiger partial charge is 0.376 e. The van der Waals surface area contributed by atoms with Crippen molar-refractivity contribution in [3.63, 3.8) is 0 Å². The lowest BCUT2D eigenvalue weighted by Crippen LogP contribution is -2.25. The lowest BCUT2D eigenvalue weighted by Gasteiger charge is -2.17. The van der Waals surface area contributed by atoms with Crippen molar-refractivity contribution in [2.75, 3.05) is 12.4 Å². The van der Waals surface area contributed by atoms with Crippen molar-refractivity contribution in [3.8, 4) is 0 Å². The summed E-state index contributed by atoms with van der Waals surface area (Å²) in [4.78, 5) is 4.57. The van der Waals surface area contributed by atoms with Gasteiger partial charge < -0.3 is 9.30 Å². The van der Waals surface area contributed by atoms with Crippen molar-refractivity contribution in [1.82, 2.24) is 9.99 Å². The van der Waals surface area contributed by atoms with E-state index in [2.05, 4.69) is 40.0 Å². The van der Waals surface area contributed by atoms with Gasteiger partial charge in [0.1, 0.15) is 0 Å². The highest BCUT2D eigenvalue weighted by Gasteiger charge is 2.22. The van der Waals surface area contributed by atoms with E-state index in [9.17, 15) is 0 Å². The molecule has 1 atom stereocenters. The van der Waals surface area contributed by atoms with Crippen molar-refractivity contribution >= 4 is 39.9 Å². The second-order valence-electron chi connectivity index (χ2n) is 6.86. The molecule has 1 saturated heterocycles. The van der Waals surface area contributed by atoms with Crippen LogP contribution in [0, 0.1) is 13.8 Å². The van der Waals surface area contributed by atoms with Crippen LogP contribution < -0.4 is 5.43 Å². The van der Waals surface area contributed by atoms with Crippen molar-refractivity contribution < 1.29 is 4.74 Å². The number of hydrogen-bond acceptors (Lipinski definition) is 4. The summed E-state index contributed by atoms with van der Waals surface area (Å²) in [6.07, 6.45) is 2.64. The van der Waals surface area contributed by atoms with Gasteiger partial charge in [-0.2, -0.15) is 5.10 Å². The Labute approximate surface area is 168 Å². The molecule has 5 nitrogen and oxygen atoms in total. The molecule has 0 saturated carbocycles. The quantitative estimate of drug-likeness (QED) is 0.808. The molecule has 2 aliphatic heterocycles. The first kappa shape index (κ1) is 18.6. The number of hydrazone groups is 1. The molecule has 3 heterocycles. The monoisotopic (exact) mass is 402 g/mol. The number of halogens is 1. The number of nitrogens with zero attached hydrogens (tertiary/aromatic N) is 3. The standard InChI is InChI=1S/C20H23ClN4OS/c1-13-10-16(14(2)25(13)11-15-6-5-9-26-15)19-12-27-20(24-23-19)22-18-8-4-3-7-17(18)21/h3-4,7-8,10,15H,5-6,9,11-12H2,1-2H3,(H,22,24)/t15-/m0/s1.